The molecule has 12 heavy (non-hydrogen) atoms. The Morgan fingerprint density at radius 1 is 1.33 bits per heavy atom. The highest BCUT2D eigenvalue weighted by atomic mass is 16.7. The van der Waals surface area contributed by atoms with Crippen LogP contribution in [0.3, 0.4) is 0 Å². The summed E-state index contributed by atoms with van der Waals surface area (Å²) in [5.74, 6) is -0.959. The van der Waals surface area contributed by atoms with Crippen LogP contribution in [0.25, 0.3) is 0 Å². The summed E-state index contributed by atoms with van der Waals surface area (Å²) in [5, 5.41) is 0. The van der Waals surface area contributed by atoms with Crippen molar-refractivity contribution >= 4 is 11.9 Å². The van der Waals surface area contributed by atoms with Crippen molar-refractivity contribution in [2.45, 2.75) is 38.9 Å². The first-order valence-electron chi connectivity index (χ1n) is 4.11. The van der Waals surface area contributed by atoms with Crippen molar-refractivity contribution in [3.63, 3.8) is 0 Å². The van der Waals surface area contributed by atoms with E-state index in [1.807, 2.05) is 6.92 Å². The van der Waals surface area contributed by atoms with Crippen LogP contribution in [0.4, 0.5) is 0 Å². The Balaban J connectivity index is 2.34. The van der Waals surface area contributed by atoms with Gasteiger partial charge in [-0.1, -0.05) is 13.3 Å². The molecule has 4 nitrogen and oxygen atoms in total. The SMILES string of the molecule is CCCCC1OC(=O)CC(=O)O1. The number of carbonyl (C=O) groups is 2. The number of hydrogen-bond acceptors (Lipinski definition) is 4. The maximum Gasteiger partial charge on any atom is 0.320 e. The second-order valence-electron chi connectivity index (χ2n) is 2.73. The average Bonchev–Trinajstić information content (AvgIpc) is 1.99. The summed E-state index contributed by atoms with van der Waals surface area (Å²) in [6.45, 7) is 2.02. The minimum Gasteiger partial charge on any atom is -0.425 e. The van der Waals surface area contributed by atoms with Crippen LogP contribution >= 0.6 is 0 Å². The summed E-state index contributed by atoms with van der Waals surface area (Å²) in [4.78, 5) is 21.4. The maximum atomic E-state index is 10.7. The zero-order valence-electron chi connectivity index (χ0n) is 7.04. The van der Waals surface area contributed by atoms with Crippen LogP contribution in [0.15, 0.2) is 0 Å². The molecule has 1 rings (SSSR count). The Bertz CT molecular complexity index is 171. The minimum absolute atomic E-state index is 0.247. The Morgan fingerprint density at radius 3 is 2.42 bits per heavy atom. The maximum absolute atomic E-state index is 10.7. The second kappa shape index (κ2) is 4.09. The first kappa shape index (κ1) is 9.03. The molecule has 0 aromatic heterocycles. The molecule has 1 aliphatic heterocycles. The van der Waals surface area contributed by atoms with E-state index in [0.29, 0.717) is 6.42 Å². The van der Waals surface area contributed by atoms with E-state index in [1.54, 1.807) is 0 Å². The summed E-state index contributed by atoms with van der Waals surface area (Å²) in [6.07, 6.45) is 1.60. The Hall–Kier alpha value is -1.06. The highest BCUT2D eigenvalue weighted by molar-refractivity contribution is 5.92. The van der Waals surface area contributed by atoms with Gasteiger partial charge in [0, 0.05) is 6.42 Å². The largest absolute Gasteiger partial charge is 0.425 e. The third-order valence-electron chi connectivity index (χ3n) is 1.61. The number of hydrogen-bond donors (Lipinski definition) is 0. The van der Waals surface area contributed by atoms with Crippen LogP contribution < -0.4 is 0 Å². The lowest BCUT2D eigenvalue weighted by molar-refractivity contribution is -0.204. The van der Waals surface area contributed by atoms with Gasteiger partial charge < -0.3 is 9.47 Å². The van der Waals surface area contributed by atoms with Crippen LogP contribution in [0, 0.1) is 0 Å². The Labute approximate surface area is 70.8 Å². The molecule has 0 unspecified atom stereocenters. The van der Waals surface area contributed by atoms with Crippen molar-refractivity contribution in [1.29, 1.82) is 0 Å². The molecule has 1 aliphatic rings. The van der Waals surface area contributed by atoms with Crippen molar-refractivity contribution in [3.05, 3.63) is 0 Å². The fraction of sp³-hybridized carbons (Fsp3) is 0.750. The summed E-state index contributed by atoms with van der Waals surface area (Å²) in [5.41, 5.74) is 0. The van der Waals surface area contributed by atoms with Crippen molar-refractivity contribution in [2.24, 2.45) is 0 Å². The summed E-state index contributed by atoms with van der Waals surface area (Å²) < 4.78 is 9.55. The minimum atomic E-state index is -0.640. The molecule has 1 fully saturated rings. The highest BCUT2D eigenvalue weighted by Gasteiger charge is 2.26. The normalized spacial score (nSPS) is 18.8. The van der Waals surface area contributed by atoms with E-state index >= 15 is 0 Å². The lowest BCUT2D eigenvalue weighted by Crippen LogP contribution is -2.32. The quantitative estimate of drug-likeness (QED) is 0.470. The standard InChI is InChI=1S/C8H12O4/c1-2-3-4-8-11-6(9)5-7(10)12-8/h8H,2-5H2,1H3. The Kier molecular flexibility index (Phi) is 3.08. The van der Waals surface area contributed by atoms with Crippen molar-refractivity contribution in [1.82, 2.24) is 0 Å². The molecular weight excluding hydrogens is 160 g/mol. The van der Waals surface area contributed by atoms with Gasteiger partial charge in [-0.3, -0.25) is 9.59 Å². The molecule has 0 amide bonds. The average molecular weight is 172 g/mol. The van der Waals surface area contributed by atoms with Crippen molar-refractivity contribution in [2.75, 3.05) is 0 Å². The topological polar surface area (TPSA) is 52.6 Å². The molecule has 0 aliphatic carbocycles. The predicted molar refractivity (Wildman–Crippen MR) is 40.1 cm³/mol. The summed E-state index contributed by atoms with van der Waals surface area (Å²) in [7, 11) is 0. The molecule has 0 aromatic carbocycles. The van der Waals surface area contributed by atoms with Gasteiger partial charge in [0.25, 0.3) is 0 Å². The second-order valence-corrected chi connectivity index (χ2v) is 2.73. The lowest BCUT2D eigenvalue weighted by atomic mass is 10.2. The summed E-state index contributed by atoms with van der Waals surface area (Å²) in [6, 6.07) is 0. The van der Waals surface area contributed by atoms with Gasteiger partial charge in [-0.15, -0.1) is 0 Å². The Morgan fingerprint density at radius 2 is 1.92 bits per heavy atom. The van der Waals surface area contributed by atoms with Crippen LogP contribution in [0.2, 0.25) is 0 Å². The van der Waals surface area contributed by atoms with Gasteiger partial charge in [0.15, 0.2) is 0 Å². The smallest absolute Gasteiger partial charge is 0.320 e. The first-order chi connectivity index (χ1) is 5.72. The van der Waals surface area contributed by atoms with E-state index < -0.39 is 18.2 Å². The lowest BCUT2D eigenvalue weighted by Gasteiger charge is -2.21. The molecule has 0 N–H and O–H groups in total. The van der Waals surface area contributed by atoms with Gasteiger partial charge in [-0.25, -0.2) is 0 Å². The monoisotopic (exact) mass is 172 g/mol. The highest BCUT2D eigenvalue weighted by Crippen LogP contribution is 2.13. The molecule has 0 aromatic rings. The first-order valence-corrected chi connectivity index (χ1v) is 4.11. The molecule has 68 valence electrons. The van der Waals surface area contributed by atoms with Gasteiger partial charge in [-0.05, 0) is 6.42 Å². The van der Waals surface area contributed by atoms with Crippen LogP contribution in [-0.2, 0) is 19.1 Å². The molecule has 0 saturated carbocycles. The van der Waals surface area contributed by atoms with E-state index in [9.17, 15) is 9.59 Å². The van der Waals surface area contributed by atoms with E-state index in [1.165, 1.54) is 0 Å². The van der Waals surface area contributed by atoms with Gasteiger partial charge in [0.1, 0.15) is 6.42 Å². The van der Waals surface area contributed by atoms with E-state index in [2.05, 4.69) is 0 Å². The van der Waals surface area contributed by atoms with Gasteiger partial charge in [0.05, 0.1) is 0 Å². The van der Waals surface area contributed by atoms with E-state index in [-0.39, 0.29) is 6.42 Å². The zero-order chi connectivity index (χ0) is 8.97. The number of carbonyl (C=O) groups excluding carboxylic acids is 2. The zero-order valence-corrected chi connectivity index (χ0v) is 7.04. The molecule has 4 heteroatoms. The predicted octanol–water partition coefficient (Wildman–Crippen LogP) is 0.993. The molecule has 1 heterocycles. The van der Waals surface area contributed by atoms with Gasteiger partial charge in [0.2, 0.25) is 6.29 Å². The molecule has 0 radical (unpaired) electrons. The number of ether oxygens (including phenoxy) is 2. The van der Waals surface area contributed by atoms with Gasteiger partial charge in [-0.2, -0.15) is 0 Å². The summed E-state index contributed by atoms with van der Waals surface area (Å²) >= 11 is 0. The van der Waals surface area contributed by atoms with Crippen LogP contribution in [0.5, 0.6) is 0 Å². The molecule has 0 atom stereocenters. The molecular formula is C8H12O4. The molecule has 0 spiro atoms. The van der Waals surface area contributed by atoms with Crippen molar-refractivity contribution in [3.8, 4) is 0 Å². The number of unbranched alkanes of at least 4 members (excludes halogenated alkanes) is 1. The third-order valence-corrected chi connectivity index (χ3v) is 1.61. The van der Waals surface area contributed by atoms with E-state index in [0.717, 1.165) is 12.8 Å². The molecule has 0 bridgehead atoms. The fourth-order valence-electron chi connectivity index (χ4n) is 1.01. The van der Waals surface area contributed by atoms with Gasteiger partial charge >= 0.3 is 11.9 Å². The number of cyclic esters (lactones) is 2. The molecule has 1 saturated heterocycles. The van der Waals surface area contributed by atoms with Crippen LogP contribution in [-0.4, -0.2) is 18.2 Å². The fourth-order valence-corrected chi connectivity index (χ4v) is 1.01. The van der Waals surface area contributed by atoms with E-state index in [4.69, 9.17) is 9.47 Å². The third kappa shape index (κ3) is 2.53. The van der Waals surface area contributed by atoms with Crippen LogP contribution in [0.1, 0.15) is 32.6 Å². The van der Waals surface area contributed by atoms with Crippen molar-refractivity contribution < 1.29 is 19.1 Å². The number of rotatable bonds is 3. The number of esters is 2.